The highest BCUT2D eigenvalue weighted by molar-refractivity contribution is 4.71. The summed E-state index contributed by atoms with van der Waals surface area (Å²) in [6.07, 6.45) is 1.27. The van der Waals surface area contributed by atoms with Gasteiger partial charge in [0.15, 0.2) is 0 Å². The molecule has 0 radical (unpaired) electrons. The van der Waals surface area contributed by atoms with Crippen LogP contribution in [0.15, 0.2) is 0 Å². The van der Waals surface area contributed by atoms with Gasteiger partial charge in [-0.25, -0.2) is 0 Å². The second kappa shape index (κ2) is 4.70. The van der Waals surface area contributed by atoms with E-state index in [-0.39, 0.29) is 19.1 Å². The average molecular weight is 162 g/mol. The Labute approximate surface area is 67.7 Å². The zero-order valence-electron chi connectivity index (χ0n) is 7.25. The van der Waals surface area contributed by atoms with Crippen molar-refractivity contribution in [3.8, 4) is 0 Å². The van der Waals surface area contributed by atoms with Crippen LogP contribution < -0.4 is 0 Å². The molecular formula is C8H18O3. The fourth-order valence-electron chi connectivity index (χ4n) is 0.728. The Morgan fingerprint density at radius 2 is 1.91 bits per heavy atom. The highest BCUT2D eigenvalue weighted by Crippen LogP contribution is 2.15. The maximum Gasteiger partial charge on any atom is 0.0849 e. The summed E-state index contributed by atoms with van der Waals surface area (Å²) in [7, 11) is 0. The van der Waals surface area contributed by atoms with E-state index in [1.165, 1.54) is 0 Å². The maximum absolute atomic E-state index is 9.34. The molecule has 3 heteroatoms. The van der Waals surface area contributed by atoms with Crippen molar-refractivity contribution in [1.82, 2.24) is 0 Å². The van der Waals surface area contributed by atoms with Crippen molar-refractivity contribution in [3.63, 3.8) is 0 Å². The molecule has 0 unspecified atom stereocenters. The minimum atomic E-state index is -0.983. The van der Waals surface area contributed by atoms with Crippen molar-refractivity contribution in [1.29, 1.82) is 0 Å². The molecule has 68 valence electrons. The Balaban J connectivity index is 3.52. The van der Waals surface area contributed by atoms with Gasteiger partial charge in [-0.3, -0.25) is 0 Å². The molecule has 0 heterocycles. The molecule has 0 aromatic rings. The van der Waals surface area contributed by atoms with Crippen LogP contribution in [-0.2, 0) is 0 Å². The molecule has 3 N–H and O–H groups in total. The van der Waals surface area contributed by atoms with Crippen LogP contribution in [0.1, 0.15) is 26.7 Å². The molecule has 0 spiro atoms. The quantitative estimate of drug-likeness (QED) is 0.539. The van der Waals surface area contributed by atoms with Crippen molar-refractivity contribution in [2.45, 2.75) is 32.3 Å². The van der Waals surface area contributed by atoms with Crippen LogP contribution in [-0.4, -0.2) is 34.1 Å². The highest BCUT2D eigenvalue weighted by Gasteiger charge is 2.19. The molecule has 0 saturated carbocycles. The first-order chi connectivity index (χ1) is 5.02. The third-order valence-corrected chi connectivity index (χ3v) is 1.83. The standard InChI is InChI=1S/C8H18O3/c1-7(5-9)3-4-8(2,11)6-10/h7,9-11H,3-6H2,1-2H3/t7-,8-/m0/s1. The van der Waals surface area contributed by atoms with Crippen LogP contribution in [0.4, 0.5) is 0 Å². The van der Waals surface area contributed by atoms with Gasteiger partial charge < -0.3 is 15.3 Å². The van der Waals surface area contributed by atoms with E-state index in [9.17, 15) is 5.11 Å². The van der Waals surface area contributed by atoms with E-state index in [0.717, 1.165) is 6.42 Å². The van der Waals surface area contributed by atoms with E-state index in [2.05, 4.69) is 0 Å². The normalized spacial score (nSPS) is 19.4. The lowest BCUT2D eigenvalue weighted by atomic mass is 9.96. The predicted molar refractivity (Wildman–Crippen MR) is 43.2 cm³/mol. The summed E-state index contributed by atoms with van der Waals surface area (Å²) < 4.78 is 0. The number of hydrogen-bond donors (Lipinski definition) is 3. The molecule has 0 aromatic carbocycles. The molecule has 2 atom stereocenters. The predicted octanol–water partition coefficient (Wildman–Crippen LogP) is 0.138. The SMILES string of the molecule is C[C@H](CO)CC[C@](C)(O)CO. The largest absolute Gasteiger partial charge is 0.396 e. The van der Waals surface area contributed by atoms with Gasteiger partial charge in [-0.2, -0.15) is 0 Å². The van der Waals surface area contributed by atoms with E-state index in [4.69, 9.17) is 10.2 Å². The van der Waals surface area contributed by atoms with Gasteiger partial charge in [-0.1, -0.05) is 6.92 Å². The van der Waals surface area contributed by atoms with Crippen LogP contribution in [0.25, 0.3) is 0 Å². The first-order valence-electron chi connectivity index (χ1n) is 3.96. The van der Waals surface area contributed by atoms with Gasteiger partial charge >= 0.3 is 0 Å². The Hall–Kier alpha value is -0.120. The molecule has 0 rings (SSSR count). The van der Waals surface area contributed by atoms with Gasteiger partial charge in [0.05, 0.1) is 12.2 Å². The molecule has 0 bridgehead atoms. The van der Waals surface area contributed by atoms with Gasteiger partial charge in [0.1, 0.15) is 0 Å². The second-order valence-corrected chi connectivity index (χ2v) is 3.48. The van der Waals surface area contributed by atoms with Gasteiger partial charge in [0.25, 0.3) is 0 Å². The highest BCUT2D eigenvalue weighted by atomic mass is 16.3. The first kappa shape index (κ1) is 10.9. The van der Waals surface area contributed by atoms with Crippen molar-refractivity contribution in [2.24, 2.45) is 5.92 Å². The number of aliphatic hydroxyl groups is 3. The minimum absolute atomic E-state index is 0.140. The van der Waals surface area contributed by atoms with E-state index >= 15 is 0 Å². The molecule has 3 nitrogen and oxygen atoms in total. The van der Waals surface area contributed by atoms with Gasteiger partial charge in [0.2, 0.25) is 0 Å². The van der Waals surface area contributed by atoms with E-state index in [1.54, 1.807) is 6.92 Å². The molecule has 0 amide bonds. The Morgan fingerprint density at radius 3 is 2.27 bits per heavy atom. The lowest BCUT2D eigenvalue weighted by Gasteiger charge is -2.21. The summed E-state index contributed by atoms with van der Waals surface area (Å²) in [5.74, 6) is 0.202. The lowest BCUT2D eigenvalue weighted by molar-refractivity contribution is -0.0107. The van der Waals surface area contributed by atoms with Crippen LogP contribution in [0.5, 0.6) is 0 Å². The molecule has 0 aliphatic carbocycles. The summed E-state index contributed by atoms with van der Waals surface area (Å²) in [5, 5.41) is 26.7. The summed E-state index contributed by atoms with van der Waals surface area (Å²) in [4.78, 5) is 0. The average Bonchev–Trinajstić information content (AvgIpc) is 2.00. The molecule has 0 aromatic heterocycles. The van der Waals surface area contributed by atoms with Gasteiger partial charge in [-0.05, 0) is 25.7 Å². The van der Waals surface area contributed by atoms with Crippen LogP contribution >= 0.6 is 0 Å². The zero-order valence-corrected chi connectivity index (χ0v) is 7.25. The van der Waals surface area contributed by atoms with Crippen molar-refractivity contribution < 1.29 is 15.3 Å². The van der Waals surface area contributed by atoms with Crippen molar-refractivity contribution >= 4 is 0 Å². The van der Waals surface area contributed by atoms with Crippen LogP contribution in [0.2, 0.25) is 0 Å². The molecular weight excluding hydrogens is 144 g/mol. The zero-order chi connectivity index (χ0) is 8.91. The van der Waals surface area contributed by atoms with E-state index < -0.39 is 5.60 Å². The van der Waals surface area contributed by atoms with Crippen LogP contribution in [0.3, 0.4) is 0 Å². The maximum atomic E-state index is 9.34. The minimum Gasteiger partial charge on any atom is -0.396 e. The summed E-state index contributed by atoms with van der Waals surface area (Å²) in [6.45, 7) is 3.43. The van der Waals surface area contributed by atoms with Gasteiger partial charge in [-0.15, -0.1) is 0 Å². The first-order valence-corrected chi connectivity index (χ1v) is 3.96. The monoisotopic (exact) mass is 162 g/mol. The smallest absolute Gasteiger partial charge is 0.0849 e. The fourth-order valence-corrected chi connectivity index (χ4v) is 0.728. The fraction of sp³-hybridized carbons (Fsp3) is 1.00. The topological polar surface area (TPSA) is 60.7 Å². The van der Waals surface area contributed by atoms with E-state index in [1.807, 2.05) is 6.92 Å². The Kier molecular flexibility index (Phi) is 4.65. The van der Waals surface area contributed by atoms with Crippen LogP contribution in [0, 0.1) is 5.92 Å². The molecule has 0 aliphatic rings. The summed E-state index contributed by atoms with van der Waals surface area (Å²) in [6, 6.07) is 0. The molecule has 0 aliphatic heterocycles. The number of rotatable bonds is 5. The molecule has 0 saturated heterocycles. The Bertz CT molecular complexity index is 102. The third-order valence-electron chi connectivity index (χ3n) is 1.83. The summed E-state index contributed by atoms with van der Waals surface area (Å²) >= 11 is 0. The molecule has 0 fully saturated rings. The molecule has 11 heavy (non-hydrogen) atoms. The number of hydrogen-bond acceptors (Lipinski definition) is 3. The van der Waals surface area contributed by atoms with Gasteiger partial charge in [0, 0.05) is 6.61 Å². The summed E-state index contributed by atoms with van der Waals surface area (Å²) in [5.41, 5.74) is -0.983. The second-order valence-electron chi connectivity index (χ2n) is 3.48. The third kappa shape index (κ3) is 5.18. The Morgan fingerprint density at radius 1 is 1.36 bits per heavy atom. The van der Waals surface area contributed by atoms with Crippen molar-refractivity contribution in [3.05, 3.63) is 0 Å². The van der Waals surface area contributed by atoms with Crippen molar-refractivity contribution in [2.75, 3.05) is 13.2 Å². The lowest BCUT2D eigenvalue weighted by Crippen LogP contribution is -2.29. The van der Waals surface area contributed by atoms with E-state index in [0.29, 0.717) is 6.42 Å². The number of aliphatic hydroxyl groups excluding tert-OH is 2.